The quantitative estimate of drug-likeness (QED) is 0.796. The van der Waals surface area contributed by atoms with Gasteiger partial charge in [-0.15, -0.1) is 0 Å². The summed E-state index contributed by atoms with van der Waals surface area (Å²) in [6.07, 6.45) is 4.26. The molecule has 1 atom stereocenters. The summed E-state index contributed by atoms with van der Waals surface area (Å²) in [5.74, 6) is -0.379. The number of carbonyl (C=O) groups is 3. The molecule has 140 valence electrons. The Morgan fingerprint density at radius 2 is 1.81 bits per heavy atom. The molecule has 26 heavy (non-hydrogen) atoms. The summed E-state index contributed by atoms with van der Waals surface area (Å²) in [6, 6.07) is 9.12. The first-order valence-electron chi connectivity index (χ1n) is 9.41. The molecule has 2 fully saturated rings. The molecule has 1 saturated heterocycles. The number of carbonyl (C=O) groups excluding carboxylic acids is 3. The number of benzene rings is 1. The lowest BCUT2D eigenvalue weighted by Gasteiger charge is -2.30. The molecule has 2 N–H and O–H groups in total. The predicted molar refractivity (Wildman–Crippen MR) is 98.2 cm³/mol. The molecule has 6 nitrogen and oxygen atoms in total. The largest absolute Gasteiger partial charge is 0.347 e. The number of nitrogens with zero attached hydrogens (tertiary/aromatic N) is 1. The van der Waals surface area contributed by atoms with Gasteiger partial charge in [-0.1, -0.05) is 63.4 Å². The fourth-order valence-electron chi connectivity index (χ4n) is 3.97. The predicted octanol–water partition coefficient (Wildman–Crippen LogP) is 2.75. The molecule has 0 aromatic heterocycles. The number of urea groups is 1. The van der Waals surface area contributed by atoms with Crippen LogP contribution in [-0.2, 0) is 9.59 Å². The van der Waals surface area contributed by atoms with Gasteiger partial charge >= 0.3 is 6.03 Å². The van der Waals surface area contributed by atoms with Gasteiger partial charge in [-0.25, -0.2) is 4.79 Å². The van der Waals surface area contributed by atoms with Crippen molar-refractivity contribution < 1.29 is 14.4 Å². The third kappa shape index (κ3) is 3.59. The fraction of sp³-hybridized carbons (Fsp3) is 0.550. The second-order valence-corrected chi connectivity index (χ2v) is 7.66. The number of nitrogens with one attached hydrogen (secondary N) is 2. The number of amides is 4. The van der Waals surface area contributed by atoms with Gasteiger partial charge < -0.3 is 10.6 Å². The Balaban J connectivity index is 1.67. The number of imide groups is 1. The summed E-state index contributed by atoms with van der Waals surface area (Å²) in [7, 11) is 0. The van der Waals surface area contributed by atoms with E-state index in [2.05, 4.69) is 10.6 Å². The average molecular weight is 357 g/mol. The molecule has 6 heteroatoms. The molecule has 2 aliphatic rings. The highest BCUT2D eigenvalue weighted by Gasteiger charge is 2.51. The van der Waals surface area contributed by atoms with Crippen molar-refractivity contribution in [2.45, 2.75) is 57.5 Å². The minimum absolute atomic E-state index is 0.159. The number of rotatable bonds is 5. The van der Waals surface area contributed by atoms with Crippen molar-refractivity contribution in [3.63, 3.8) is 0 Å². The molecule has 1 unspecified atom stereocenters. The Morgan fingerprint density at radius 1 is 1.15 bits per heavy atom. The van der Waals surface area contributed by atoms with Crippen molar-refractivity contribution in [3.05, 3.63) is 35.9 Å². The van der Waals surface area contributed by atoms with Crippen molar-refractivity contribution in [2.24, 2.45) is 5.92 Å². The van der Waals surface area contributed by atoms with Crippen molar-refractivity contribution in [1.82, 2.24) is 15.5 Å². The average Bonchev–Trinajstić information content (AvgIpc) is 2.85. The molecule has 1 aliphatic heterocycles. The van der Waals surface area contributed by atoms with Crippen molar-refractivity contribution in [1.29, 1.82) is 0 Å². The van der Waals surface area contributed by atoms with Crippen molar-refractivity contribution in [3.8, 4) is 0 Å². The molecule has 1 heterocycles. The van der Waals surface area contributed by atoms with Crippen LogP contribution in [-0.4, -0.2) is 34.8 Å². The number of hydrogen-bond acceptors (Lipinski definition) is 3. The maximum Gasteiger partial charge on any atom is 0.325 e. The highest BCUT2D eigenvalue weighted by molar-refractivity contribution is 6.09. The van der Waals surface area contributed by atoms with Crippen molar-refractivity contribution in [2.75, 3.05) is 6.54 Å². The molecular weight excluding hydrogens is 330 g/mol. The SMILES string of the molecule is CC(C)C(NC(=O)CN1C(=O)NC2(CCCCC2)C1=O)c1ccccc1. The van der Waals surface area contributed by atoms with E-state index < -0.39 is 11.6 Å². The van der Waals surface area contributed by atoms with Gasteiger partial charge in [-0.05, 0) is 24.3 Å². The van der Waals surface area contributed by atoms with E-state index in [-0.39, 0.29) is 30.3 Å². The Morgan fingerprint density at radius 3 is 2.42 bits per heavy atom. The molecule has 0 radical (unpaired) electrons. The molecule has 1 aliphatic carbocycles. The van der Waals surface area contributed by atoms with Crippen LogP contribution in [0, 0.1) is 5.92 Å². The molecular formula is C20H27N3O3. The first-order valence-corrected chi connectivity index (χ1v) is 9.41. The standard InChI is InChI=1S/C20H27N3O3/c1-14(2)17(15-9-5-3-6-10-15)21-16(24)13-23-18(25)20(22-19(23)26)11-7-4-8-12-20/h3,5-6,9-10,14,17H,4,7-8,11-13H2,1-2H3,(H,21,24)(H,22,26). The Kier molecular flexibility index (Phi) is 5.30. The molecule has 1 spiro atoms. The van der Waals surface area contributed by atoms with E-state index in [4.69, 9.17) is 0 Å². The molecule has 1 aromatic rings. The second kappa shape index (κ2) is 7.48. The molecule has 1 aromatic carbocycles. The topological polar surface area (TPSA) is 78.5 Å². The summed E-state index contributed by atoms with van der Waals surface area (Å²) in [6.45, 7) is 3.83. The van der Waals surface area contributed by atoms with Crippen LogP contribution in [0.2, 0.25) is 0 Å². The minimum atomic E-state index is -0.785. The van der Waals surface area contributed by atoms with Crippen LogP contribution in [0.4, 0.5) is 4.79 Å². The highest BCUT2D eigenvalue weighted by Crippen LogP contribution is 2.33. The lowest BCUT2D eigenvalue weighted by atomic mass is 9.82. The summed E-state index contributed by atoms with van der Waals surface area (Å²) in [4.78, 5) is 38.7. The van der Waals surface area contributed by atoms with Gasteiger partial charge in [0.15, 0.2) is 0 Å². The van der Waals surface area contributed by atoms with Crippen LogP contribution in [0.15, 0.2) is 30.3 Å². The Hall–Kier alpha value is -2.37. The van der Waals surface area contributed by atoms with E-state index in [1.165, 1.54) is 0 Å². The normalized spacial score (nSPS) is 20.3. The minimum Gasteiger partial charge on any atom is -0.347 e. The van der Waals surface area contributed by atoms with E-state index in [1.54, 1.807) is 0 Å². The van der Waals surface area contributed by atoms with E-state index in [0.717, 1.165) is 29.7 Å². The van der Waals surface area contributed by atoms with Crippen LogP contribution >= 0.6 is 0 Å². The van der Waals surface area contributed by atoms with Gasteiger partial charge in [0.2, 0.25) is 5.91 Å². The van der Waals surface area contributed by atoms with Crippen LogP contribution in [0.1, 0.15) is 57.6 Å². The maximum absolute atomic E-state index is 12.8. The summed E-state index contributed by atoms with van der Waals surface area (Å²) >= 11 is 0. The van der Waals surface area contributed by atoms with Gasteiger partial charge in [0.1, 0.15) is 12.1 Å². The summed E-state index contributed by atoms with van der Waals surface area (Å²) in [5.41, 5.74) is 0.226. The van der Waals surface area contributed by atoms with E-state index >= 15 is 0 Å². The van der Waals surface area contributed by atoms with E-state index in [0.29, 0.717) is 12.8 Å². The van der Waals surface area contributed by atoms with Gasteiger partial charge in [0.25, 0.3) is 5.91 Å². The first-order chi connectivity index (χ1) is 12.4. The van der Waals surface area contributed by atoms with Gasteiger partial charge in [0, 0.05) is 0 Å². The first kappa shape index (κ1) is 18.4. The third-order valence-electron chi connectivity index (χ3n) is 5.40. The Labute approximate surface area is 154 Å². The second-order valence-electron chi connectivity index (χ2n) is 7.66. The van der Waals surface area contributed by atoms with Crippen LogP contribution in [0.5, 0.6) is 0 Å². The fourth-order valence-corrected chi connectivity index (χ4v) is 3.97. The zero-order valence-corrected chi connectivity index (χ0v) is 15.5. The Bertz CT molecular complexity index is 681. The lowest BCUT2D eigenvalue weighted by molar-refractivity contribution is -0.136. The van der Waals surface area contributed by atoms with Gasteiger partial charge in [0.05, 0.1) is 6.04 Å². The monoisotopic (exact) mass is 357 g/mol. The zero-order chi connectivity index (χ0) is 18.7. The van der Waals surface area contributed by atoms with E-state index in [9.17, 15) is 14.4 Å². The summed E-state index contributed by atoms with van der Waals surface area (Å²) < 4.78 is 0. The summed E-state index contributed by atoms with van der Waals surface area (Å²) in [5, 5.41) is 5.82. The molecule has 4 amide bonds. The van der Waals surface area contributed by atoms with E-state index in [1.807, 2.05) is 44.2 Å². The van der Waals surface area contributed by atoms with Crippen LogP contribution in [0.25, 0.3) is 0 Å². The van der Waals surface area contributed by atoms with Gasteiger partial charge in [-0.2, -0.15) is 0 Å². The molecule has 1 saturated carbocycles. The molecule has 0 bridgehead atoms. The molecule has 3 rings (SSSR count). The van der Waals surface area contributed by atoms with Crippen molar-refractivity contribution >= 4 is 17.8 Å². The van der Waals surface area contributed by atoms with Crippen LogP contribution < -0.4 is 10.6 Å². The third-order valence-corrected chi connectivity index (χ3v) is 5.40. The highest BCUT2D eigenvalue weighted by atomic mass is 16.2. The zero-order valence-electron chi connectivity index (χ0n) is 15.5. The maximum atomic E-state index is 12.8. The smallest absolute Gasteiger partial charge is 0.325 e. The van der Waals surface area contributed by atoms with Crippen LogP contribution in [0.3, 0.4) is 0 Å². The lowest BCUT2D eigenvalue weighted by Crippen LogP contribution is -2.49. The van der Waals surface area contributed by atoms with Gasteiger partial charge in [-0.3, -0.25) is 14.5 Å². The number of hydrogen-bond donors (Lipinski definition) is 2.